The van der Waals surface area contributed by atoms with E-state index >= 15 is 0 Å². The summed E-state index contributed by atoms with van der Waals surface area (Å²) in [6, 6.07) is 9.52. The third-order valence-electron chi connectivity index (χ3n) is 3.89. The quantitative estimate of drug-likeness (QED) is 0.779. The molecule has 2 aromatic rings. The van der Waals surface area contributed by atoms with Gasteiger partial charge in [0.15, 0.2) is 5.76 Å². The maximum atomic E-state index is 12.7. The largest absolute Gasteiger partial charge is 0.453 e. The molecular formula is C16H18O3. The summed E-state index contributed by atoms with van der Waals surface area (Å²) in [5.41, 5.74) is 0.110. The molecule has 0 amide bonds. The highest BCUT2D eigenvalue weighted by Gasteiger charge is 2.43. The number of ether oxygens (including phenoxy) is 1. The van der Waals surface area contributed by atoms with E-state index in [0.29, 0.717) is 12.4 Å². The maximum Gasteiger partial charge on any atom is 0.229 e. The number of Topliss-reactive ketones (excluding diaryl/α,β-unsaturated/α-hetero) is 1. The SMILES string of the molecule is CCOC1(C(=O)c2cc3ccccc3o2)CCCC1. The van der Waals surface area contributed by atoms with E-state index in [1.807, 2.05) is 37.3 Å². The summed E-state index contributed by atoms with van der Waals surface area (Å²) in [6.45, 7) is 2.50. The normalized spacial score (nSPS) is 17.9. The van der Waals surface area contributed by atoms with Gasteiger partial charge in [-0.25, -0.2) is 0 Å². The van der Waals surface area contributed by atoms with E-state index in [9.17, 15) is 4.79 Å². The molecular weight excluding hydrogens is 240 g/mol. The number of fused-ring (bicyclic) bond motifs is 1. The summed E-state index contributed by atoms with van der Waals surface area (Å²) in [4.78, 5) is 12.7. The number of hydrogen-bond acceptors (Lipinski definition) is 3. The number of para-hydroxylation sites is 1. The van der Waals surface area contributed by atoms with Gasteiger partial charge in [0.2, 0.25) is 5.78 Å². The highest BCUT2D eigenvalue weighted by molar-refractivity contribution is 6.03. The average molecular weight is 258 g/mol. The highest BCUT2D eigenvalue weighted by atomic mass is 16.5. The highest BCUT2D eigenvalue weighted by Crippen LogP contribution is 2.37. The van der Waals surface area contributed by atoms with Crippen LogP contribution in [0.15, 0.2) is 34.7 Å². The number of carbonyl (C=O) groups is 1. The zero-order valence-electron chi connectivity index (χ0n) is 11.1. The molecule has 0 saturated heterocycles. The Labute approximate surface area is 112 Å². The Balaban J connectivity index is 1.97. The van der Waals surface area contributed by atoms with Crippen molar-refractivity contribution in [3.8, 4) is 0 Å². The third-order valence-corrected chi connectivity index (χ3v) is 3.89. The third kappa shape index (κ3) is 2.08. The lowest BCUT2D eigenvalue weighted by Gasteiger charge is -2.26. The maximum absolute atomic E-state index is 12.7. The van der Waals surface area contributed by atoms with Crippen molar-refractivity contribution in [3.63, 3.8) is 0 Å². The Hall–Kier alpha value is -1.61. The van der Waals surface area contributed by atoms with Gasteiger partial charge in [-0.3, -0.25) is 4.79 Å². The van der Waals surface area contributed by atoms with Gasteiger partial charge in [-0.05, 0) is 44.7 Å². The van der Waals surface area contributed by atoms with Gasteiger partial charge in [-0.1, -0.05) is 18.2 Å². The summed E-state index contributed by atoms with van der Waals surface area (Å²) in [7, 11) is 0. The van der Waals surface area contributed by atoms with Crippen LogP contribution in [-0.4, -0.2) is 18.0 Å². The lowest BCUT2D eigenvalue weighted by molar-refractivity contribution is -0.0180. The topological polar surface area (TPSA) is 39.4 Å². The van der Waals surface area contributed by atoms with Crippen LogP contribution < -0.4 is 0 Å². The Bertz CT molecular complexity index is 558. The second kappa shape index (κ2) is 4.82. The Morgan fingerprint density at radius 2 is 2.05 bits per heavy atom. The van der Waals surface area contributed by atoms with Crippen molar-refractivity contribution in [1.29, 1.82) is 0 Å². The second-order valence-electron chi connectivity index (χ2n) is 5.11. The van der Waals surface area contributed by atoms with Gasteiger partial charge in [0.05, 0.1) is 0 Å². The molecule has 0 N–H and O–H groups in total. The molecule has 1 aromatic carbocycles. The number of ketones is 1. The fourth-order valence-corrected chi connectivity index (χ4v) is 2.98. The zero-order chi connectivity index (χ0) is 13.3. The first-order chi connectivity index (χ1) is 9.25. The minimum Gasteiger partial charge on any atom is -0.453 e. The number of rotatable bonds is 4. The van der Waals surface area contributed by atoms with Crippen LogP contribution in [0.5, 0.6) is 0 Å². The minimum absolute atomic E-state index is 0.00282. The van der Waals surface area contributed by atoms with Gasteiger partial charge in [0, 0.05) is 12.0 Å². The molecule has 1 fully saturated rings. The summed E-state index contributed by atoms with van der Waals surface area (Å²) in [5, 5.41) is 0.968. The molecule has 100 valence electrons. The number of carbonyl (C=O) groups excluding carboxylic acids is 1. The van der Waals surface area contributed by atoms with Gasteiger partial charge in [0.25, 0.3) is 0 Å². The van der Waals surface area contributed by atoms with Crippen molar-refractivity contribution in [2.24, 2.45) is 0 Å². The van der Waals surface area contributed by atoms with E-state index in [0.717, 1.165) is 36.7 Å². The van der Waals surface area contributed by atoms with E-state index < -0.39 is 5.60 Å². The predicted molar refractivity (Wildman–Crippen MR) is 73.4 cm³/mol. The van der Waals surface area contributed by atoms with Gasteiger partial charge in [-0.15, -0.1) is 0 Å². The van der Waals surface area contributed by atoms with Crippen molar-refractivity contribution < 1.29 is 13.9 Å². The van der Waals surface area contributed by atoms with Crippen molar-refractivity contribution in [3.05, 3.63) is 36.1 Å². The van der Waals surface area contributed by atoms with Crippen LogP contribution >= 0.6 is 0 Å². The summed E-state index contributed by atoms with van der Waals surface area (Å²) in [5.74, 6) is 0.430. The number of benzene rings is 1. The van der Waals surface area contributed by atoms with Gasteiger partial charge >= 0.3 is 0 Å². The minimum atomic E-state index is -0.650. The van der Waals surface area contributed by atoms with Crippen molar-refractivity contribution >= 4 is 16.8 Å². The van der Waals surface area contributed by atoms with Crippen molar-refractivity contribution in [2.75, 3.05) is 6.61 Å². The number of furan rings is 1. The molecule has 1 aliphatic carbocycles. The van der Waals surface area contributed by atoms with Crippen LogP contribution in [0.4, 0.5) is 0 Å². The monoisotopic (exact) mass is 258 g/mol. The van der Waals surface area contributed by atoms with Crippen molar-refractivity contribution in [1.82, 2.24) is 0 Å². The molecule has 0 spiro atoms. The molecule has 0 radical (unpaired) electrons. The molecule has 1 heterocycles. The average Bonchev–Trinajstić information content (AvgIpc) is 3.04. The molecule has 3 nitrogen and oxygen atoms in total. The van der Waals surface area contributed by atoms with Crippen LogP contribution in [0.2, 0.25) is 0 Å². The smallest absolute Gasteiger partial charge is 0.229 e. The second-order valence-corrected chi connectivity index (χ2v) is 5.11. The fraction of sp³-hybridized carbons (Fsp3) is 0.438. The van der Waals surface area contributed by atoms with Crippen LogP contribution in [-0.2, 0) is 4.74 Å². The molecule has 1 saturated carbocycles. The van der Waals surface area contributed by atoms with E-state index in [1.165, 1.54) is 0 Å². The molecule has 0 unspecified atom stereocenters. The molecule has 3 rings (SSSR count). The van der Waals surface area contributed by atoms with E-state index in [4.69, 9.17) is 9.15 Å². The lowest BCUT2D eigenvalue weighted by Crippen LogP contribution is -2.38. The molecule has 3 heteroatoms. The fourth-order valence-electron chi connectivity index (χ4n) is 2.98. The first-order valence-corrected chi connectivity index (χ1v) is 6.92. The Morgan fingerprint density at radius 3 is 2.74 bits per heavy atom. The molecule has 19 heavy (non-hydrogen) atoms. The Morgan fingerprint density at radius 1 is 1.32 bits per heavy atom. The molecule has 0 bridgehead atoms. The summed E-state index contributed by atoms with van der Waals surface area (Å²) >= 11 is 0. The summed E-state index contributed by atoms with van der Waals surface area (Å²) in [6.07, 6.45) is 3.70. The van der Waals surface area contributed by atoms with E-state index in [2.05, 4.69) is 0 Å². The van der Waals surface area contributed by atoms with E-state index in [-0.39, 0.29) is 5.78 Å². The standard InChI is InChI=1S/C16H18O3/c1-2-18-16(9-5-6-10-16)15(17)14-11-12-7-3-4-8-13(12)19-14/h3-4,7-8,11H,2,5-6,9-10H2,1H3. The Kier molecular flexibility index (Phi) is 3.15. The summed E-state index contributed by atoms with van der Waals surface area (Å²) < 4.78 is 11.5. The molecule has 0 aliphatic heterocycles. The molecule has 0 atom stereocenters. The number of hydrogen-bond donors (Lipinski definition) is 0. The van der Waals surface area contributed by atoms with Crippen LogP contribution in [0.25, 0.3) is 11.0 Å². The molecule has 1 aliphatic rings. The van der Waals surface area contributed by atoms with Crippen LogP contribution in [0.3, 0.4) is 0 Å². The first kappa shape index (κ1) is 12.4. The van der Waals surface area contributed by atoms with Gasteiger partial charge in [-0.2, -0.15) is 0 Å². The van der Waals surface area contributed by atoms with Crippen LogP contribution in [0.1, 0.15) is 43.2 Å². The van der Waals surface area contributed by atoms with Crippen molar-refractivity contribution in [2.45, 2.75) is 38.2 Å². The first-order valence-electron chi connectivity index (χ1n) is 6.92. The van der Waals surface area contributed by atoms with Crippen LogP contribution in [0, 0.1) is 0 Å². The lowest BCUT2D eigenvalue weighted by atomic mass is 9.94. The molecule has 1 aromatic heterocycles. The predicted octanol–water partition coefficient (Wildman–Crippen LogP) is 3.96. The van der Waals surface area contributed by atoms with E-state index in [1.54, 1.807) is 0 Å². The van der Waals surface area contributed by atoms with Gasteiger partial charge < -0.3 is 9.15 Å². The zero-order valence-corrected chi connectivity index (χ0v) is 11.1. The van der Waals surface area contributed by atoms with Gasteiger partial charge in [0.1, 0.15) is 11.2 Å².